The van der Waals surface area contributed by atoms with E-state index in [1.807, 2.05) is 0 Å². The smallest absolute Gasteiger partial charge is 0.303 e. The van der Waals surface area contributed by atoms with Crippen molar-refractivity contribution >= 4 is 11.9 Å². The number of rotatable bonds is 9. The molecule has 1 saturated heterocycles. The van der Waals surface area contributed by atoms with Gasteiger partial charge in [-0.3, -0.25) is 14.5 Å². The lowest BCUT2D eigenvalue weighted by atomic mass is 10.1. The third-order valence-electron chi connectivity index (χ3n) is 3.06. The van der Waals surface area contributed by atoms with E-state index in [4.69, 9.17) is 18.4 Å². The van der Waals surface area contributed by atoms with Gasteiger partial charge in [0.1, 0.15) is 5.75 Å². The fraction of sp³-hybridized carbons (Fsp3) is 0.579. The van der Waals surface area contributed by atoms with E-state index in [0.29, 0.717) is 22.6 Å². The standard InChI is InChI=1S/C19H28N2O4/c1-16(22)25-15-19(23)20-9-6-12-24-18-8-5-7-17(13-18)14-21-10-3-2-4-11-21/h5,7-8,13H,2-4,6,9-12,14-15H2,1H3,(H,20,23)/i2D2,3D2,4D2,10D2,11D2. The summed E-state index contributed by atoms with van der Waals surface area (Å²) in [7, 11) is 0. The molecule has 1 heterocycles. The number of ether oxygens (including phenoxy) is 2. The van der Waals surface area contributed by atoms with Gasteiger partial charge in [0.15, 0.2) is 6.61 Å². The highest BCUT2D eigenvalue weighted by molar-refractivity contribution is 5.79. The Bertz CT molecular complexity index is 912. The van der Waals surface area contributed by atoms with Gasteiger partial charge >= 0.3 is 5.97 Å². The van der Waals surface area contributed by atoms with Crippen LogP contribution < -0.4 is 10.1 Å². The van der Waals surface area contributed by atoms with Crippen molar-refractivity contribution in [1.29, 1.82) is 0 Å². The van der Waals surface area contributed by atoms with Crippen molar-refractivity contribution in [2.24, 2.45) is 0 Å². The molecule has 2 rings (SSSR count). The molecule has 1 aromatic carbocycles. The first-order valence-electron chi connectivity index (χ1n) is 12.8. The Hall–Kier alpha value is -2.08. The number of benzene rings is 1. The summed E-state index contributed by atoms with van der Waals surface area (Å²) in [6, 6.07) is 6.09. The largest absolute Gasteiger partial charge is 0.494 e. The van der Waals surface area contributed by atoms with Gasteiger partial charge in [-0.1, -0.05) is 18.5 Å². The first-order chi connectivity index (χ1) is 15.9. The van der Waals surface area contributed by atoms with Gasteiger partial charge in [0.25, 0.3) is 5.91 Å². The van der Waals surface area contributed by atoms with E-state index in [9.17, 15) is 9.59 Å². The Kier molecular flexibility index (Phi) is 4.10. The SMILES string of the molecule is [2H]C1([2H])N(Cc2cccc(OCCCNC(=O)COC(C)=O)c2)C([2H])([2H])C([2H])([2H])C([2H])([2H])C1([2H])[2H]. The van der Waals surface area contributed by atoms with Gasteiger partial charge in [0, 0.05) is 33.7 Å². The average molecular weight is 359 g/mol. The van der Waals surface area contributed by atoms with E-state index in [-0.39, 0.29) is 19.8 Å². The molecule has 1 aliphatic heterocycles. The summed E-state index contributed by atoms with van der Waals surface area (Å²) < 4.78 is 90.7. The molecule has 0 unspecified atom stereocenters. The maximum atomic E-state index is 11.5. The molecule has 1 amide bonds. The highest BCUT2D eigenvalue weighted by Gasteiger charge is 2.10. The zero-order valence-corrected chi connectivity index (χ0v) is 13.9. The molecule has 6 nitrogen and oxygen atoms in total. The minimum Gasteiger partial charge on any atom is -0.494 e. The van der Waals surface area contributed by atoms with Crippen molar-refractivity contribution < 1.29 is 32.8 Å². The summed E-state index contributed by atoms with van der Waals surface area (Å²) in [4.78, 5) is 22.5. The van der Waals surface area contributed by atoms with E-state index >= 15 is 0 Å². The number of amides is 1. The first kappa shape index (κ1) is 9.57. The molecule has 1 fully saturated rings. The van der Waals surface area contributed by atoms with Crippen molar-refractivity contribution in [3.8, 4) is 5.75 Å². The van der Waals surface area contributed by atoms with Crippen LogP contribution in [0, 0.1) is 0 Å². The van der Waals surface area contributed by atoms with Gasteiger partial charge in [-0.05, 0) is 49.9 Å². The summed E-state index contributed by atoms with van der Waals surface area (Å²) >= 11 is 0. The molecule has 1 aromatic rings. The Morgan fingerprint density at radius 1 is 1.28 bits per heavy atom. The van der Waals surface area contributed by atoms with Gasteiger partial charge in [-0.25, -0.2) is 0 Å². The zero-order chi connectivity index (χ0) is 26.9. The third-order valence-corrected chi connectivity index (χ3v) is 3.06. The minimum atomic E-state index is -3.46. The van der Waals surface area contributed by atoms with Crippen LogP contribution in [0.4, 0.5) is 0 Å². The molecule has 0 aromatic heterocycles. The predicted octanol–water partition coefficient (Wildman–Crippen LogP) is 2.12. The van der Waals surface area contributed by atoms with Crippen LogP contribution in [0.1, 0.15) is 51.7 Å². The summed E-state index contributed by atoms with van der Waals surface area (Å²) in [5, 5.41) is 2.54. The number of nitrogens with one attached hydrogen (secondary N) is 1. The number of carbonyl (C=O) groups is 2. The molecular weight excluding hydrogens is 320 g/mol. The van der Waals surface area contributed by atoms with E-state index in [1.54, 1.807) is 12.1 Å². The maximum absolute atomic E-state index is 11.5. The van der Waals surface area contributed by atoms with E-state index in [0.717, 1.165) is 0 Å². The van der Waals surface area contributed by atoms with Crippen LogP contribution in [0.2, 0.25) is 0 Å². The minimum absolute atomic E-state index is 0.175. The number of likely N-dealkylation sites (tertiary alicyclic amines) is 1. The van der Waals surface area contributed by atoms with Crippen LogP contribution >= 0.6 is 0 Å². The molecule has 0 bridgehead atoms. The normalized spacial score (nSPS) is 30.8. The van der Waals surface area contributed by atoms with Crippen LogP contribution in [0.5, 0.6) is 5.75 Å². The van der Waals surface area contributed by atoms with Crippen molar-refractivity contribution in [3.05, 3.63) is 29.8 Å². The van der Waals surface area contributed by atoms with Crippen LogP contribution in [0.3, 0.4) is 0 Å². The second kappa shape index (κ2) is 10.7. The molecule has 1 N–H and O–H groups in total. The number of hydrogen-bond acceptors (Lipinski definition) is 5. The number of hydrogen-bond donors (Lipinski definition) is 1. The molecule has 25 heavy (non-hydrogen) atoms. The number of nitrogens with zero attached hydrogens (tertiary/aromatic N) is 1. The van der Waals surface area contributed by atoms with Crippen LogP contribution in [0.15, 0.2) is 24.3 Å². The summed E-state index contributed by atoms with van der Waals surface area (Å²) in [5.74, 6) is -0.704. The molecule has 6 heteroatoms. The molecule has 138 valence electrons. The lowest BCUT2D eigenvalue weighted by molar-refractivity contribution is -0.146. The Morgan fingerprint density at radius 2 is 2.08 bits per heavy atom. The molecule has 0 spiro atoms. The molecular formula is C19H28N2O4. The van der Waals surface area contributed by atoms with Crippen molar-refractivity contribution in [1.82, 2.24) is 10.2 Å². The summed E-state index contributed by atoms with van der Waals surface area (Å²) in [6.07, 6.45) is -9.79. The Morgan fingerprint density at radius 3 is 2.84 bits per heavy atom. The van der Waals surface area contributed by atoms with E-state index in [2.05, 4.69) is 10.1 Å². The number of esters is 1. The quantitative estimate of drug-likeness (QED) is 0.541. The fourth-order valence-corrected chi connectivity index (χ4v) is 1.95. The van der Waals surface area contributed by atoms with Crippen LogP contribution in [-0.2, 0) is 20.9 Å². The number of carbonyl (C=O) groups excluding carboxylic acids is 2. The fourth-order valence-electron chi connectivity index (χ4n) is 1.95. The molecule has 0 atom stereocenters. The predicted molar refractivity (Wildman–Crippen MR) is 95.3 cm³/mol. The van der Waals surface area contributed by atoms with Crippen LogP contribution in [0.25, 0.3) is 0 Å². The van der Waals surface area contributed by atoms with Gasteiger partial charge in [-0.15, -0.1) is 0 Å². The van der Waals surface area contributed by atoms with Gasteiger partial charge in [0.05, 0.1) is 6.61 Å². The molecule has 1 aliphatic rings. The van der Waals surface area contributed by atoms with Crippen molar-refractivity contribution in [3.63, 3.8) is 0 Å². The van der Waals surface area contributed by atoms with Crippen LogP contribution in [-0.4, -0.2) is 49.5 Å². The Balaban J connectivity index is 2.07. The van der Waals surface area contributed by atoms with Gasteiger partial charge < -0.3 is 14.8 Å². The Labute approximate surface area is 163 Å². The lowest BCUT2D eigenvalue weighted by Gasteiger charge is -2.26. The number of piperidine rings is 1. The first-order valence-corrected chi connectivity index (χ1v) is 7.79. The molecule has 0 saturated carbocycles. The summed E-state index contributed by atoms with van der Waals surface area (Å²) in [6.45, 7) is -5.70. The van der Waals surface area contributed by atoms with Gasteiger partial charge in [0.2, 0.25) is 0 Å². The monoisotopic (exact) mass is 358 g/mol. The molecule has 0 aliphatic carbocycles. The van der Waals surface area contributed by atoms with Gasteiger partial charge in [-0.2, -0.15) is 0 Å². The average Bonchev–Trinajstić information content (AvgIpc) is 2.74. The highest BCUT2D eigenvalue weighted by Crippen LogP contribution is 2.17. The lowest BCUT2D eigenvalue weighted by Crippen LogP contribution is -2.30. The maximum Gasteiger partial charge on any atom is 0.303 e. The zero-order valence-electron chi connectivity index (χ0n) is 23.9. The van der Waals surface area contributed by atoms with E-state index in [1.165, 1.54) is 19.1 Å². The van der Waals surface area contributed by atoms with Crippen molar-refractivity contribution in [2.75, 3.05) is 32.8 Å². The summed E-state index contributed by atoms with van der Waals surface area (Å²) in [5.41, 5.74) is 0.291. The topological polar surface area (TPSA) is 67.9 Å². The highest BCUT2D eigenvalue weighted by atomic mass is 16.5. The third kappa shape index (κ3) is 8.03. The second-order valence-corrected chi connectivity index (χ2v) is 5.16. The molecule has 0 radical (unpaired) electrons. The van der Waals surface area contributed by atoms with Crippen molar-refractivity contribution in [2.45, 2.75) is 39.0 Å². The second-order valence-electron chi connectivity index (χ2n) is 5.16. The van der Waals surface area contributed by atoms with E-state index < -0.39 is 50.5 Å².